The van der Waals surface area contributed by atoms with Gasteiger partial charge in [0.05, 0.1) is 13.1 Å². The van der Waals surface area contributed by atoms with Crippen LogP contribution in [-0.4, -0.2) is 30.4 Å². The summed E-state index contributed by atoms with van der Waals surface area (Å²) in [4.78, 5) is 16.2. The van der Waals surface area contributed by atoms with Gasteiger partial charge in [-0.1, -0.05) is 55.5 Å². The zero-order chi connectivity index (χ0) is 22.1. The van der Waals surface area contributed by atoms with Crippen molar-refractivity contribution in [2.45, 2.75) is 39.8 Å². The van der Waals surface area contributed by atoms with Crippen LogP contribution in [0, 0.1) is 12.7 Å². The van der Waals surface area contributed by atoms with Crippen molar-refractivity contribution >= 4 is 5.91 Å². The number of furan rings is 1. The van der Waals surface area contributed by atoms with Gasteiger partial charge in [-0.05, 0) is 43.5 Å². The number of benzene rings is 2. The van der Waals surface area contributed by atoms with Gasteiger partial charge in [-0.2, -0.15) is 0 Å². The number of nitrogens with zero attached hydrogens (tertiary/aromatic N) is 1. The third-order valence-corrected chi connectivity index (χ3v) is 5.41. The van der Waals surface area contributed by atoms with Crippen LogP contribution in [0.2, 0.25) is 0 Å². The van der Waals surface area contributed by atoms with E-state index >= 15 is 0 Å². The molecule has 1 aromatic heterocycles. The lowest BCUT2D eigenvalue weighted by Gasteiger charge is -2.25. The zero-order valence-corrected chi connectivity index (χ0v) is 18.4. The molecular formula is C26H32FN2O2+. The largest absolute Gasteiger partial charge is 0.464 e. The number of carbonyl (C=O) groups excluding carboxylic acids is 1. The van der Waals surface area contributed by atoms with E-state index < -0.39 is 0 Å². The van der Waals surface area contributed by atoms with Gasteiger partial charge in [-0.25, -0.2) is 4.39 Å². The Hall–Kier alpha value is -2.92. The minimum Gasteiger partial charge on any atom is -0.464 e. The summed E-state index contributed by atoms with van der Waals surface area (Å²) in [6.45, 7) is 6.69. The normalized spacial score (nSPS) is 12.0. The third kappa shape index (κ3) is 7.07. The Kier molecular flexibility index (Phi) is 8.42. The van der Waals surface area contributed by atoms with Crippen molar-refractivity contribution in [3.8, 4) is 0 Å². The number of hydrogen-bond donors (Lipinski definition) is 1. The maximum Gasteiger partial charge on any atom is 0.278 e. The summed E-state index contributed by atoms with van der Waals surface area (Å²) in [7, 11) is 0. The van der Waals surface area contributed by atoms with E-state index in [0.29, 0.717) is 31.7 Å². The highest BCUT2D eigenvalue weighted by Gasteiger charge is 2.22. The molecule has 0 aliphatic carbocycles. The van der Waals surface area contributed by atoms with Crippen LogP contribution in [0.1, 0.15) is 36.0 Å². The summed E-state index contributed by atoms with van der Waals surface area (Å²) in [5, 5.41) is 0. The molecule has 1 heterocycles. The van der Waals surface area contributed by atoms with Crippen molar-refractivity contribution in [3.63, 3.8) is 0 Å². The molecule has 2 aromatic carbocycles. The van der Waals surface area contributed by atoms with Gasteiger partial charge in [0.15, 0.2) is 6.54 Å². The van der Waals surface area contributed by atoms with Gasteiger partial charge in [0.1, 0.15) is 23.9 Å². The lowest BCUT2D eigenvalue weighted by molar-refractivity contribution is -0.906. The maximum absolute atomic E-state index is 14.2. The summed E-state index contributed by atoms with van der Waals surface area (Å²) in [5.41, 5.74) is 1.84. The van der Waals surface area contributed by atoms with E-state index in [1.807, 2.05) is 48.2 Å². The molecular weight excluding hydrogens is 391 g/mol. The van der Waals surface area contributed by atoms with Crippen molar-refractivity contribution in [1.82, 2.24) is 4.90 Å². The molecule has 1 amide bonds. The van der Waals surface area contributed by atoms with E-state index in [4.69, 9.17) is 4.42 Å². The van der Waals surface area contributed by atoms with E-state index in [1.165, 1.54) is 11.6 Å². The topological polar surface area (TPSA) is 37.9 Å². The maximum atomic E-state index is 14.2. The van der Waals surface area contributed by atoms with Crippen LogP contribution in [0.25, 0.3) is 0 Å². The van der Waals surface area contributed by atoms with Crippen LogP contribution in [0.5, 0.6) is 0 Å². The molecule has 5 heteroatoms. The molecule has 0 bridgehead atoms. The molecule has 3 aromatic rings. The summed E-state index contributed by atoms with van der Waals surface area (Å²) in [5.74, 6) is 1.47. The van der Waals surface area contributed by atoms with Gasteiger partial charge < -0.3 is 14.2 Å². The van der Waals surface area contributed by atoms with Crippen molar-refractivity contribution in [3.05, 3.63) is 95.2 Å². The van der Waals surface area contributed by atoms with Gasteiger partial charge in [0.25, 0.3) is 5.91 Å². The highest BCUT2D eigenvalue weighted by Crippen LogP contribution is 2.11. The average molecular weight is 424 g/mol. The van der Waals surface area contributed by atoms with Gasteiger partial charge >= 0.3 is 0 Å². The molecule has 1 unspecified atom stereocenters. The van der Waals surface area contributed by atoms with Crippen LogP contribution in [0.4, 0.5) is 4.39 Å². The van der Waals surface area contributed by atoms with Crippen LogP contribution >= 0.6 is 0 Å². The van der Waals surface area contributed by atoms with Crippen LogP contribution in [0.3, 0.4) is 0 Å². The first-order chi connectivity index (χ1) is 15.0. The molecule has 164 valence electrons. The minimum absolute atomic E-state index is 0.0600. The first-order valence-electron chi connectivity index (χ1n) is 11.0. The Balaban J connectivity index is 1.70. The standard InChI is InChI=1S/C26H31FN2O2/c1-3-16-28(18-23-11-7-8-12-25(23)27)20-26(30)29(19-24-14-13-21(2)31-24)17-15-22-9-5-4-6-10-22/h4-14H,3,15-20H2,1-2H3/p+1. The summed E-state index contributed by atoms with van der Waals surface area (Å²) in [6.07, 6.45) is 1.71. The second-order valence-electron chi connectivity index (χ2n) is 8.01. The molecule has 0 fully saturated rings. The fraction of sp³-hybridized carbons (Fsp3) is 0.346. The van der Waals surface area contributed by atoms with E-state index in [9.17, 15) is 9.18 Å². The molecule has 31 heavy (non-hydrogen) atoms. The van der Waals surface area contributed by atoms with E-state index in [-0.39, 0.29) is 11.7 Å². The van der Waals surface area contributed by atoms with E-state index in [1.54, 1.807) is 12.1 Å². The third-order valence-electron chi connectivity index (χ3n) is 5.41. The highest BCUT2D eigenvalue weighted by molar-refractivity contribution is 5.77. The Morgan fingerprint density at radius 2 is 1.77 bits per heavy atom. The SMILES string of the molecule is CCC[NH+](CC(=O)N(CCc1ccccc1)Cc1ccc(C)o1)Cc1ccccc1F. The molecule has 1 atom stereocenters. The minimum atomic E-state index is -0.212. The van der Waals surface area contributed by atoms with Gasteiger partial charge in [-0.3, -0.25) is 4.79 Å². The second-order valence-corrected chi connectivity index (χ2v) is 8.01. The number of hydrogen-bond acceptors (Lipinski definition) is 2. The van der Waals surface area contributed by atoms with Crippen molar-refractivity contribution in [1.29, 1.82) is 0 Å². The van der Waals surface area contributed by atoms with E-state index in [2.05, 4.69) is 19.1 Å². The van der Waals surface area contributed by atoms with Gasteiger partial charge in [0.2, 0.25) is 0 Å². The Morgan fingerprint density at radius 3 is 2.45 bits per heavy atom. The molecule has 0 aliphatic heterocycles. The quantitative estimate of drug-likeness (QED) is 0.510. The number of carbonyl (C=O) groups is 1. The molecule has 4 nitrogen and oxygen atoms in total. The summed E-state index contributed by atoms with van der Waals surface area (Å²) in [6, 6.07) is 20.8. The lowest BCUT2D eigenvalue weighted by atomic mass is 10.1. The molecule has 1 N–H and O–H groups in total. The number of amides is 1. The van der Waals surface area contributed by atoms with E-state index in [0.717, 1.165) is 35.8 Å². The fourth-order valence-electron chi connectivity index (χ4n) is 3.79. The van der Waals surface area contributed by atoms with Crippen molar-refractivity contribution in [2.75, 3.05) is 19.6 Å². The number of quaternary nitrogens is 1. The predicted octanol–water partition coefficient (Wildman–Crippen LogP) is 3.79. The molecule has 0 spiro atoms. The number of rotatable bonds is 11. The monoisotopic (exact) mass is 423 g/mol. The summed E-state index contributed by atoms with van der Waals surface area (Å²) >= 11 is 0. The number of nitrogens with one attached hydrogen (secondary N) is 1. The molecule has 0 radical (unpaired) electrons. The van der Waals surface area contributed by atoms with Crippen LogP contribution in [-0.2, 0) is 24.3 Å². The molecule has 3 rings (SSSR count). The smallest absolute Gasteiger partial charge is 0.278 e. The Bertz CT molecular complexity index is 955. The summed E-state index contributed by atoms with van der Waals surface area (Å²) < 4.78 is 19.9. The molecule has 0 saturated heterocycles. The number of aryl methyl sites for hydroxylation is 1. The first kappa shape index (κ1) is 22.8. The Morgan fingerprint density at radius 1 is 1.03 bits per heavy atom. The highest BCUT2D eigenvalue weighted by atomic mass is 19.1. The zero-order valence-electron chi connectivity index (χ0n) is 18.4. The lowest BCUT2D eigenvalue weighted by Crippen LogP contribution is -3.12. The predicted molar refractivity (Wildman–Crippen MR) is 120 cm³/mol. The van der Waals surface area contributed by atoms with Crippen LogP contribution in [0.15, 0.2) is 71.1 Å². The van der Waals surface area contributed by atoms with Crippen molar-refractivity contribution < 1.29 is 18.5 Å². The first-order valence-corrected chi connectivity index (χ1v) is 11.0. The van der Waals surface area contributed by atoms with Crippen molar-refractivity contribution in [2.24, 2.45) is 0 Å². The van der Waals surface area contributed by atoms with Gasteiger partial charge in [0, 0.05) is 12.1 Å². The Labute approximate surface area is 184 Å². The second kappa shape index (κ2) is 11.5. The molecule has 0 aliphatic rings. The van der Waals surface area contributed by atoms with Crippen LogP contribution < -0.4 is 4.90 Å². The number of halogens is 1. The molecule has 0 saturated carbocycles. The van der Waals surface area contributed by atoms with Gasteiger partial charge in [-0.15, -0.1) is 0 Å². The fourth-order valence-corrected chi connectivity index (χ4v) is 3.79. The average Bonchev–Trinajstić information content (AvgIpc) is 3.18.